The van der Waals surface area contributed by atoms with Gasteiger partial charge < -0.3 is 14.4 Å². The summed E-state index contributed by atoms with van der Waals surface area (Å²) in [6.45, 7) is 2.06. The quantitative estimate of drug-likeness (QED) is 0.552. The summed E-state index contributed by atoms with van der Waals surface area (Å²) in [6.07, 6.45) is 5.74. The molecule has 0 bridgehead atoms. The summed E-state index contributed by atoms with van der Waals surface area (Å²) in [7, 11) is 1.43. The van der Waals surface area contributed by atoms with Gasteiger partial charge in [0.25, 0.3) is 0 Å². The van der Waals surface area contributed by atoms with Crippen LogP contribution in [0.25, 0.3) is 11.0 Å². The lowest BCUT2D eigenvalue weighted by Crippen LogP contribution is -2.50. The first-order chi connectivity index (χ1) is 16.9. The Bertz CT molecular complexity index is 1300. The largest absolute Gasteiger partial charge is 0.481 e. The van der Waals surface area contributed by atoms with E-state index in [1.807, 2.05) is 12.1 Å². The zero-order valence-electron chi connectivity index (χ0n) is 20.2. The molecule has 2 fully saturated rings. The average Bonchev–Trinajstić information content (AvgIpc) is 3.15. The first-order valence-corrected chi connectivity index (χ1v) is 12.6. The number of methoxy groups -OCH3 is 1. The molecule has 1 unspecified atom stereocenters. The van der Waals surface area contributed by atoms with Gasteiger partial charge in [-0.1, -0.05) is 30.3 Å². The summed E-state index contributed by atoms with van der Waals surface area (Å²) < 4.78 is 7.49. The highest BCUT2D eigenvalue weighted by Gasteiger charge is 2.55. The maximum absolute atomic E-state index is 12.6. The third-order valence-electron chi connectivity index (χ3n) is 8.51. The van der Waals surface area contributed by atoms with Crippen molar-refractivity contribution in [2.75, 3.05) is 12.0 Å². The van der Waals surface area contributed by atoms with E-state index in [0.29, 0.717) is 6.04 Å². The second-order valence-corrected chi connectivity index (χ2v) is 10.7. The molecule has 35 heavy (non-hydrogen) atoms. The van der Waals surface area contributed by atoms with E-state index in [9.17, 15) is 14.7 Å². The number of anilines is 1. The van der Waals surface area contributed by atoms with Crippen LogP contribution in [0.2, 0.25) is 0 Å². The fourth-order valence-electron chi connectivity index (χ4n) is 6.75. The number of carboxylic acids is 1. The van der Waals surface area contributed by atoms with E-state index >= 15 is 0 Å². The molecule has 6 rings (SSSR count). The summed E-state index contributed by atoms with van der Waals surface area (Å²) >= 11 is 0. The molecule has 1 aliphatic heterocycles. The number of carbonyl (C=O) groups is 2. The van der Waals surface area contributed by atoms with Crippen LogP contribution in [0.15, 0.2) is 42.5 Å². The molecule has 1 spiro atoms. The number of carboxylic acid groups (broad SMARTS) is 1. The number of imidazole rings is 1. The molecule has 3 aromatic rings. The number of aromatic nitrogens is 2. The number of amides is 1. The number of nitrogens with zero attached hydrogens (tertiary/aromatic N) is 3. The van der Waals surface area contributed by atoms with Gasteiger partial charge in [0.2, 0.25) is 0 Å². The van der Waals surface area contributed by atoms with E-state index < -0.39 is 5.97 Å². The second-order valence-electron chi connectivity index (χ2n) is 10.7. The van der Waals surface area contributed by atoms with E-state index in [4.69, 9.17) is 9.72 Å². The van der Waals surface area contributed by atoms with Gasteiger partial charge in [-0.2, -0.15) is 0 Å². The number of benzene rings is 2. The SMILES string of the molecule is COC(=O)N1c2ccc3c(nc(Cc4ccccc4)n3C3CC4(CC(C(=O)O)C4)C3)c2CCC1C. The molecule has 3 aliphatic rings. The molecule has 1 N–H and O–H groups in total. The lowest BCUT2D eigenvalue weighted by Gasteiger charge is -2.57. The van der Waals surface area contributed by atoms with Crippen LogP contribution in [-0.4, -0.2) is 39.9 Å². The highest BCUT2D eigenvalue weighted by atomic mass is 16.5. The number of hydrogen-bond donors (Lipinski definition) is 1. The van der Waals surface area contributed by atoms with Crippen molar-refractivity contribution in [2.24, 2.45) is 11.3 Å². The number of ether oxygens (including phenoxy) is 1. The van der Waals surface area contributed by atoms with Gasteiger partial charge in [0.15, 0.2) is 0 Å². The van der Waals surface area contributed by atoms with Crippen molar-refractivity contribution in [1.82, 2.24) is 9.55 Å². The molecule has 1 aromatic heterocycles. The summed E-state index contributed by atoms with van der Waals surface area (Å²) in [5.74, 6) is 0.197. The minimum Gasteiger partial charge on any atom is -0.481 e. The first kappa shape index (κ1) is 22.1. The van der Waals surface area contributed by atoms with Crippen molar-refractivity contribution >= 4 is 28.8 Å². The van der Waals surface area contributed by atoms with E-state index in [0.717, 1.165) is 73.1 Å². The fourth-order valence-corrected chi connectivity index (χ4v) is 6.75. The minimum absolute atomic E-state index is 0.0746. The number of hydrogen-bond acceptors (Lipinski definition) is 4. The van der Waals surface area contributed by atoms with Gasteiger partial charge in [-0.3, -0.25) is 9.69 Å². The Morgan fingerprint density at radius 1 is 1.11 bits per heavy atom. The van der Waals surface area contributed by atoms with Gasteiger partial charge in [0.05, 0.1) is 29.7 Å². The van der Waals surface area contributed by atoms with Gasteiger partial charge >= 0.3 is 12.1 Å². The highest BCUT2D eigenvalue weighted by molar-refractivity contribution is 5.95. The lowest BCUT2D eigenvalue weighted by atomic mass is 9.50. The van der Waals surface area contributed by atoms with E-state index in [2.05, 4.69) is 41.8 Å². The molecular formula is C28H31N3O4. The van der Waals surface area contributed by atoms with Crippen LogP contribution in [0, 0.1) is 11.3 Å². The smallest absolute Gasteiger partial charge is 0.414 e. The maximum atomic E-state index is 12.6. The van der Waals surface area contributed by atoms with Gasteiger partial charge in [0.1, 0.15) is 5.82 Å². The Hall–Kier alpha value is -3.35. The van der Waals surface area contributed by atoms with Crippen LogP contribution < -0.4 is 4.90 Å². The van der Waals surface area contributed by atoms with Gasteiger partial charge in [-0.25, -0.2) is 9.78 Å². The maximum Gasteiger partial charge on any atom is 0.414 e. The lowest BCUT2D eigenvalue weighted by molar-refractivity contribution is -0.157. The van der Waals surface area contributed by atoms with Gasteiger partial charge in [0, 0.05) is 24.1 Å². The van der Waals surface area contributed by atoms with Crippen molar-refractivity contribution in [1.29, 1.82) is 0 Å². The predicted molar refractivity (Wildman–Crippen MR) is 133 cm³/mol. The number of rotatable bonds is 4. The zero-order valence-corrected chi connectivity index (χ0v) is 20.2. The fraction of sp³-hybridized carbons (Fsp3) is 0.464. The molecule has 2 aromatic carbocycles. The molecule has 2 heterocycles. The van der Waals surface area contributed by atoms with Gasteiger partial charge in [-0.15, -0.1) is 0 Å². The molecule has 0 radical (unpaired) electrons. The topological polar surface area (TPSA) is 84.7 Å². The Kier molecular flexibility index (Phi) is 5.13. The summed E-state index contributed by atoms with van der Waals surface area (Å²) in [4.78, 5) is 30.9. The number of aryl methyl sites for hydroxylation is 1. The molecule has 7 heteroatoms. The molecule has 182 valence electrons. The molecule has 0 saturated heterocycles. The standard InChI is InChI=1S/C28H31N3O4/c1-17-8-9-21-22(30(17)27(34)35-2)10-11-23-25(21)29-24(12-18-6-4-3-5-7-18)31(23)20-15-28(16-20)13-19(14-28)26(32)33/h3-7,10-11,17,19-20H,8-9,12-16H2,1-2H3,(H,32,33). The number of carbonyl (C=O) groups excluding carboxylic acids is 1. The zero-order chi connectivity index (χ0) is 24.3. The van der Waals surface area contributed by atoms with Crippen molar-refractivity contribution in [2.45, 2.75) is 64.0 Å². The van der Waals surface area contributed by atoms with Crippen LogP contribution in [0.1, 0.15) is 62.0 Å². The summed E-state index contributed by atoms with van der Waals surface area (Å²) in [5.41, 5.74) is 5.50. The Labute approximate surface area is 204 Å². The summed E-state index contributed by atoms with van der Waals surface area (Å²) in [6, 6.07) is 14.9. The van der Waals surface area contributed by atoms with Crippen LogP contribution in [0.5, 0.6) is 0 Å². The van der Waals surface area contributed by atoms with Crippen LogP contribution in [-0.2, 0) is 22.4 Å². The van der Waals surface area contributed by atoms with Crippen molar-refractivity contribution < 1.29 is 19.4 Å². The predicted octanol–water partition coefficient (Wildman–Crippen LogP) is 5.35. The molecule has 7 nitrogen and oxygen atoms in total. The Morgan fingerprint density at radius 3 is 2.54 bits per heavy atom. The Morgan fingerprint density at radius 2 is 1.86 bits per heavy atom. The third-order valence-corrected chi connectivity index (χ3v) is 8.51. The van der Waals surface area contributed by atoms with Gasteiger partial charge in [-0.05, 0) is 68.6 Å². The molecule has 2 saturated carbocycles. The first-order valence-electron chi connectivity index (χ1n) is 12.6. The van der Waals surface area contributed by atoms with Crippen molar-refractivity contribution in [3.63, 3.8) is 0 Å². The average molecular weight is 474 g/mol. The van der Waals surface area contributed by atoms with E-state index in [-0.39, 0.29) is 23.5 Å². The normalized spacial score (nSPS) is 27.3. The summed E-state index contributed by atoms with van der Waals surface area (Å²) in [5, 5.41) is 9.34. The van der Waals surface area contributed by atoms with Crippen LogP contribution in [0.4, 0.5) is 10.5 Å². The molecular weight excluding hydrogens is 442 g/mol. The molecule has 1 atom stereocenters. The molecule has 1 amide bonds. The van der Waals surface area contributed by atoms with Crippen molar-refractivity contribution in [3.05, 3.63) is 59.4 Å². The van der Waals surface area contributed by atoms with Crippen molar-refractivity contribution in [3.8, 4) is 0 Å². The van der Waals surface area contributed by atoms with E-state index in [1.165, 1.54) is 12.7 Å². The Balaban J connectivity index is 1.40. The number of aliphatic carboxylic acids is 1. The van der Waals surface area contributed by atoms with Crippen LogP contribution in [0.3, 0.4) is 0 Å². The number of fused-ring (bicyclic) bond motifs is 3. The second kappa shape index (κ2) is 8.11. The molecule has 2 aliphatic carbocycles. The van der Waals surface area contributed by atoms with E-state index in [1.54, 1.807) is 4.90 Å². The van der Waals surface area contributed by atoms with Crippen LogP contribution >= 0.6 is 0 Å². The monoisotopic (exact) mass is 473 g/mol. The third kappa shape index (κ3) is 3.51. The minimum atomic E-state index is -0.659. The highest BCUT2D eigenvalue weighted by Crippen LogP contribution is 2.63.